The highest BCUT2D eigenvalue weighted by Gasteiger charge is 2.28. The second-order valence-corrected chi connectivity index (χ2v) is 5.78. The van der Waals surface area contributed by atoms with Crippen LogP contribution in [0.15, 0.2) is 4.52 Å². The maximum absolute atomic E-state index is 11.5. The van der Waals surface area contributed by atoms with E-state index in [2.05, 4.69) is 22.1 Å². The Balaban J connectivity index is 2.16. The lowest BCUT2D eigenvalue weighted by Crippen LogP contribution is -2.33. The van der Waals surface area contributed by atoms with Gasteiger partial charge in [0.05, 0.1) is 12.0 Å². The van der Waals surface area contributed by atoms with Crippen molar-refractivity contribution in [3.63, 3.8) is 0 Å². The molecule has 100 valence electrons. The number of hydrogen-bond acceptors (Lipinski definition) is 6. The molecule has 2 rings (SSSR count). The number of aromatic nitrogens is 2. The molecule has 0 amide bonds. The van der Waals surface area contributed by atoms with Crippen LogP contribution in [0.4, 0.5) is 0 Å². The number of rotatable bonds is 4. The molecule has 18 heavy (non-hydrogen) atoms. The Kier molecular flexibility index (Phi) is 4.40. The fourth-order valence-electron chi connectivity index (χ4n) is 2.12. The maximum Gasteiger partial charge on any atom is 0.237 e. The summed E-state index contributed by atoms with van der Waals surface area (Å²) in [5.74, 6) is 3.12. The minimum absolute atomic E-state index is 0.0825. The van der Waals surface area contributed by atoms with E-state index in [1.807, 2.05) is 18.7 Å². The van der Waals surface area contributed by atoms with Gasteiger partial charge in [0.25, 0.3) is 0 Å². The molecule has 1 aromatic rings. The van der Waals surface area contributed by atoms with Crippen molar-refractivity contribution in [2.24, 2.45) is 0 Å². The van der Waals surface area contributed by atoms with Gasteiger partial charge in [0.1, 0.15) is 5.78 Å². The van der Waals surface area contributed by atoms with Crippen LogP contribution in [0.3, 0.4) is 0 Å². The highest BCUT2D eigenvalue weighted by Crippen LogP contribution is 2.28. The first-order valence-electron chi connectivity index (χ1n) is 6.25. The quantitative estimate of drug-likeness (QED) is 0.831. The van der Waals surface area contributed by atoms with Crippen LogP contribution in [0.25, 0.3) is 0 Å². The SMILES string of the molecule is CCC(C(C)=O)c1nc(C2CSCCN2C)no1. The third kappa shape index (κ3) is 2.75. The molecule has 2 unspecified atom stereocenters. The zero-order chi connectivity index (χ0) is 13.1. The minimum atomic E-state index is -0.257. The molecule has 1 saturated heterocycles. The molecule has 0 aromatic carbocycles. The second-order valence-electron chi connectivity index (χ2n) is 4.63. The highest BCUT2D eigenvalue weighted by atomic mass is 32.2. The van der Waals surface area contributed by atoms with Crippen LogP contribution in [0.2, 0.25) is 0 Å². The molecular weight excluding hydrogens is 250 g/mol. The van der Waals surface area contributed by atoms with Crippen LogP contribution >= 0.6 is 11.8 Å². The van der Waals surface area contributed by atoms with Crippen LogP contribution in [-0.2, 0) is 4.79 Å². The molecule has 6 heteroatoms. The van der Waals surface area contributed by atoms with Crippen molar-refractivity contribution >= 4 is 17.5 Å². The van der Waals surface area contributed by atoms with Crippen LogP contribution in [0.1, 0.15) is 43.9 Å². The molecule has 1 aliphatic heterocycles. The average molecular weight is 269 g/mol. The third-order valence-electron chi connectivity index (χ3n) is 3.35. The third-order valence-corrected chi connectivity index (χ3v) is 4.37. The molecule has 5 nitrogen and oxygen atoms in total. The summed E-state index contributed by atoms with van der Waals surface area (Å²) in [6.07, 6.45) is 0.701. The van der Waals surface area contributed by atoms with E-state index in [0.717, 1.165) is 18.1 Å². The summed E-state index contributed by atoms with van der Waals surface area (Å²) in [7, 11) is 2.07. The van der Waals surface area contributed by atoms with Crippen molar-refractivity contribution < 1.29 is 9.32 Å². The van der Waals surface area contributed by atoms with Gasteiger partial charge in [0.15, 0.2) is 5.82 Å². The maximum atomic E-state index is 11.5. The predicted octanol–water partition coefficient (Wildman–Crippen LogP) is 1.87. The number of carbonyl (C=O) groups excluding carboxylic acids is 1. The fraction of sp³-hybridized carbons (Fsp3) is 0.750. The Hall–Kier alpha value is -0.880. The molecule has 2 heterocycles. The van der Waals surface area contributed by atoms with Gasteiger partial charge in [-0.05, 0) is 20.4 Å². The average Bonchev–Trinajstić information content (AvgIpc) is 2.79. The van der Waals surface area contributed by atoms with Gasteiger partial charge in [0.2, 0.25) is 5.89 Å². The summed E-state index contributed by atoms with van der Waals surface area (Å²) >= 11 is 1.90. The smallest absolute Gasteiger partial charge is 0.237 e. The van der Waals surface area contributed by atoms with Crippen molar-refractivity contribution in [1.82, 2.24) is 15.0 Å². The van der Waals surface area contributed by atoms with Crippen molar-refractivity contribution in [3.05, 3.63) is 11.7 Å². The molecule has 1 fully saturated rings. The largest absolute Gasteiger partial charge is 0.338 e. The van der Waals surface area contributed by atoms with Gasteiger partial charge in [-0.3, -0.25) is 9.69 Å². The number of ketones is 1. The first kappa shape index (κ1) is 13.5. The van der Waals surface area contributed by atoms with Crippen molar-refractivity contribution in [2.75, 3.05) is 25.1 Å². The minimum Gasteiger partial charge on any atom is -0.338 e. The summed E-state index contributed by atoms with van der Waals surface area (Å²) in [4.78, 5) is 18.1. The fourth-order valence-corrected chi connectivity index (χ4v) is 3.33. The van der Waals surface area contributed by atoms with Gasteiger partial charge >= 0.3 is 0 Å². The molecule has 0 saturated carbocycles. The Morgan fingerprint density at radius 3 is 3.06 bits per heavy atom. The van der Waals surface area contributed by atoms with Gasteiger partial charge in [-0.2, -0.15) is 16.7 Å². The van der Waals surface area contributed by atoms with E-state index in [1.165, 1.54) is 0 Å². The molecule has 0 bridgehead atoms. The lowest BCUT2D eigenvalue weighted by Gasteiger charge is -2.29. The normalized spacial score (nSPS) is 22.9. The number of Topliss-reactive ketones (excluding diaryl/α,β-unsaturated/α-hetero) is 1. The molecular formula is C12H19N3O2S. The lowest BCUT2D eigenvalue weighted by atomic mass is 10.0. The van der Waals surface area contributed by atoms with Crippen LogP contribution < -0.4 is 0 Å². The predicted molar refractivity (Wildman–Crippen MR) is 70.7 cm³/mol. The van der Waals surface area contributed by atoms with E-state index in [1.54, 1.807) is 6.92 Å². The second kappa shape index (κ2) is 5.84. The van der Waals surface area contributed by atoms with Gasteiger partial charge in [0, 0.05) is 18.1 Å². The first-order valence-corrected chi connectivity index (χ1v) is 7.40. The zero-order valence-electron chi connectivity index (χ0n) is 11.0. The molecule has 1 aromatic heterocycles. The van der Waals surface area contributed by atoms with E-state index in [4.69, 9.17) is 4.52 Å². The Morgan fingerprint density at radius 2 is 2.44 bits per heavy atom. The summed E-state index contributed by atoms with van der Waals surface area (Å²) in [5, 5.41) is 4.05. The number of hydrogen-bond donors (Lipinski definition) is 0. The van der Waals surface area contributed by atoms with Gasteiger partial charge in [-0.1, -0.05) is 12.1 Å². The Morgan fingerprint density at radius 1 is 1.67 bits per heavy atom. The molecule has 0 aliphatic carbocycles. The number of thioether (sulfide) groups is 1. The standard InChI is InChI=1S/C12H19N3O2S/c1-4-9(8(2)16)12-13-11(14-17-12)10-7-18-6-5-15(10)3/h9-10H,4-7H2,1-3H3. The molecule has 0 N–H and O–H groups in total. The molecule has 0 spiro atoms. The van der Waals surface area contributed by atoms with E-state index in [-0.39, 0.29) is 17.7 Å². The van der Waals surface area contributed by atoms with Crippen LogP contribution in [-0.4, -0.2) is 45.9 Å². The van der Waals surface area contributed by atoms with Crippen LogP contribution in [0, 0.1) is 0 Å². The molecule has 1 aliphatic rings. The van der Waals surface area contributed by atoms with E-state index in [9.17, 15) is 4.79 Å². The van der Waals surface area contributed by atoms with Gasteiger partial charge in [-0.25, -0.2) is 0 Å². The summed E-state index contributed by atoms with van der Waals surface area (Å²) in [6.45, 7) is 4.56. The van der Waals surface area contributed by atoms with Gasteiger partial charge in [-0.15, -0.1) is 0 Å². The topological polar surface area (TPSA) is 59.2 Å². The zero-order valence-corrected chi connectivity index (χ0v) is 11.9. The number of carbonyl (C=O) groups is 1. The summed E-state index contributed by atoms with van der Waals surface area (Å²) < 4.78 is 5.26. The van der Waals surface area contributed by atoms with Crippen molar-refractivity contribution in [1.29, 1.82) is 0 Å². The van der Waals surface area contributed by atoms with Gasteiger partial charge < -0.3 is 4.52 Å². The summed E-state index contributed by atoms with van der Waals surface area (Å²) in [5.41, 5.74) is 0. The van der Waals surface area contributed by atoms with Crippen LogP contribution in [0.5, 0.6) is 0 Å². The lowest BCUT2D eigenvalue weighted by molar-refractivity contribution is -0.119. The highest BCUT2D eigenvalue weighted by molar-refractivity contribution is 7.99. The Bertz CT molecular complexity index is 421. The van der Waals surface area contributed by atoms with E-state index >= 15 is 0 Å². The Labute approximate surface area is 111 Å². The number of nitrogens with zero attached hydrogens (tertiary/aromatic N) is 3. The molecule has 0 radical (unpaired) electrons. The molecule has 2 atom stereocenters. The first-order chi connectivity index (χ1) is 8.63. The van der Waals surface area contributed by atoms with Crippen molar-refractivity contribution in [3.8, 4) is 0 Å². The summed E-state index contributed by atoms with van der Waals surface area (Å²) in [6, 6.07) is 0.200. The van der Waals surface area contributed by atoms with E-state index in [0.29, 0.717) is 18.1 Å². The van der Waals surface area contributed by atoms with Crippen molar-refractivity contribution in [2.45, 2.75) is 32.2 Å². The van der Waals surface area contributed by atoms with E-state index < -0.39 is 0 Å². The monoisotopic (exact) mass is 269 g/mol.